The van der Waals surface area contributed by atoms with Crippen molar-refractivity contribution in [3.8, 4) is 11.4 Å². The fourth-order valence-corrected chi connectivity index (χ4v) is 5.48. The van der Waals surface area contributed by atoms with Crippen molar-refractivity contribution >= 4 is 45.8 Å². The van der Waals surface area contributed by atoms with Crippen molar-refractivity contribution in [3.63, 3.8) is 0 Å². The maximum Gasteiger partial charge on any atom is 0.290 e. The number of piperidine rings is 1. The average molecular weight is 527 g/mol. The molecule has 2 saturated heterocycles. The molecular formula is C27H26N8O2S. The first-order valence-corrected chi connectivity index (χ1v) is 13.4. The van der Waals surface area contributed by atoms with Crippen LogP contribution in [-0.4, -0.2) is 55.9 Å². The van der Waals surface area contributed by atoms with Gasteiger partial charge in [0.05, 0.1) is 27.5 Å². The Morgan fingerprint density at radius 3 is 2.74 bits per heavy atom. The number of hydrogen-bond acceptors (Lipinski definition) is 9. The van der Waals surface area contributed by atoms with Gasteiger partial charge in [-0.2, -0.15) is 5.10 Å². The summed E-state index contributed by atoms with van der Waals surface area (Å²) in [5, 5.41) is 13.8. The molecule has 5 heterocycles. The highest BCUT2D eigenvalue weighted by molar-refractivity contribution is 8.18. The molecule has 4 aromatic rings. The Labute approximate surface area is 223 Å². The average Bonchev–Trinajstić information content (AvgIpc) is 3.58. The number of rotatable bonds is 7. The molecule has 0 radical (unpaired) electrons. The molecular weight excluding hydrogens is 500 g/mol. The van der Waals surface area contributed by atoms with Crippen LogP contribution in [0, 0.1) is 5.92 Å². The van der Waals surface area contributed by atoms with E-state index in [-0.39, 0.29) is 11.1 Å². The number of benzene rings is 1. The molecule has 6 rings (SSSR count). The lowest BCUT2D eigenvalue weighted by Gasteiger charge is -2.32. The Kier molecular flexibility index (Phi) is 6.84. The number of fused-ring (bicyclic) bond motifs is 1. The number of amides is 2. The zero-order chi connectivity index (χ0) is 25.9. The van der Waals surface area contributed by atoms with Gasteiger partial charge in [0.15, 0.2) is 0 Å². The number of para-hydroxylation sites is 1. The number of H-pyrrole nitrogens is 1. The Hall–Kier alpha value is -4.09. The first-order chi connectivity index (χ1) is 18.6. The van der Waals surface area contributed by atoms with Gasteiger partial charge in [0, 0.05) is 37.4 Å². The normalized spacial score (nSPS) is 17.5. The van der Waals surface area contributed by atoms with Gasteiger partial charge < -0.3 is 10.2 Å². The maximum absolute atomic E-state index is 11.8. The summed E-state index contributed by atoms with van der Waals surface area (Å²) in [6.45, 7) is 3.35. The van der Waals surface area contributed by atoms with Gasteiger partial charge in [-0.15, -0.1) is 0 Å². The van der Waals surface area contributed by atoms with Gasteiger partial charge >= 0.3 is 0 Å². The second-order valence-electron chi connectivity index (χ2n) is 9.35. The van der Waals surface area contributed by atoms with Gasteiger partial charge in [-0.25, -0.2) is 15.0 Å². The van der Waals surface area contributed by atoms with Crippen LogP contribution in [0.15, 0.2) is 59.8 Å². The topological polar surface area (TPSA) is 129 Å². The lowest BCUT2D eigenvalue weighted by molar-refractivity contribution is -0.115. The van der Waals surface area contributed by atoms with Crippen molar-refractivity contribution in [1.29, 1.82) is 0 Å². The fraction of sp³-hybridized carbons (Fsp3) is 0.259. The lowest BCUT2D eigenvalue weighted by atomic mass is 9.97. The molecule has 11 heteroatoms. The summed E-state index contributed by atoms with van der Waals surface area (Å²) in [6, 6.07) is 14.1. The number of aromatic amines is 1. The van der Waals surface area contributed by atoms with E-state index in [9.17, 15) is 9.59 Å². The van der Waals surface area contributed by atoms with E-state index in [1.54, 1.807) is 24.5 Å². The molecule has 192 valence electrons. The minimum Gasteiger partial charge on any atom is -0.341 e. The molecule has 2 fully saturated rings. The monoisotopic (exact) mass is 526 g/mol. The second-order valence-corrected chi connectivity index (χ2v) is 10.4. The molecule has 2 amide bonds. The molecule has 0 bridgehead atoms. The van der Waals surface area contributed by atoms with Gasteiger partial charge in [-0.05, 0) is 73.0 Å². The van der Waals surface area contributed by atoms with Crippen molar-refractivity contribution < 1.29 is 9.59 Å². The van der Waals surface area contributed by atoms with Crippen LogP contribution in [0.2, 0.25) is 0 Å². The van der Waals surface area contributed by atoms with E-state index in [4.69, 9.17) is 4.98 Å². The highest BCUT2D eigenvalue weighted by atomic mass is 32.2. The summed E-state index contributed by atoms with van der Waals surface area (Å²) < 4.78 is 0. The van der Waals surface area contributed by atoms with E-state index in [0.717, 1.165) is 78.6 Å². The third-order valence-electron chi connectivity index (χ3n) is 6.79. The van der Waals surface area contributed by atoms with Crippen LogP contribution in [0.25, 0.3) is 28.4 Å². The Balaban J connectivity index is 1.06. The van der Waals surface area contributed by atoms with Crippen molar-refractivity contribution in [2.75, 3.05) is 24.5 Å². The zero-order valence-electron chi connectivity index (χ0n) is 20.6. The number of carbonyl (C=O) groups is 2. The predicted molar refractivity (Wildman–Crippen MR) is 147 cm³/mol. The minimum atomic E-state index is -0.385. The van der Waals surface area contributed by atoms with Crippen LogP contribution in [0.4, 0.5) is 10.7 Å². The summed E-state index contributed by atoms with van der Waals surface area (Å²) >= 11 is 0.888. The van der Waals surface area contributed by atoms with E-state index in [0.29, 0.717) is 22.5 Å². The number of carbonyl (C=O) groups excluding carboxylic acids is 2. The first-order valence-electron chi connectivity index (χ1n) is 12.5. The molecule has 0 unspecified atom stereocenters. The largest absolute Gasteiger partial charge is 0.341 e. The molecule has 10 nitrogen and oxygen atoms in total. The number of nitrogens with one attached hydrogen (secondary N) is 3. The number of hydrogen-bond donors (Lipinski definition) is 3. The van der Waals surface area contributed by atoms with E-state index in [1.165, 1.54) is 0 Å². The van der Waals surface area contributed by atoms with Gasteiger partial charge in [-0.3, -0.25) is 20.0 Å². The van der Waals surface area contributed by atoms with E-state index < -0.39 is 0 Å². The highest BCUT2D eigenvalue weighted by Gasteiger charge is 2.26. The Morgan fingerprint density at radius 2 is 1.95 bits per heavy atom. The van der Waals surface area contributed by atoms with Crippen molar-refractivity contribution in [2.45, 2.75) is 19.4 Å². The number of anilines is 1. The molecule has 0 atom stereocenters. The number of aromatic nitrogens is 5. The molecule has 0 aliphatic carbocycles. The van der Waals surface area contributed by atoms with Crippen LogP contribution in [-0.2, 0) is 11.3 Å². The molecule has 2 aliphatic rings. The van der Waals surface area contributed by atoms with Crippen LogP contribution < -0.4 is 15.5 Å². The van der Waals surface area contributed by atoms with Crippen molar-refractivity contribution in [2.24, 2.45) is 5.92 Å². The molecule has 3 aromatic heterocycles. The van der Waals surface area contributed by atoms with Crippen LogP contribution >= 0.6 is 11.8 Å². The van der Waals surface area contributed by atoms with E-state index in [1.807, 2.05) is 24.3 Å². The molecule has 0 spiro atoms. The molecule has 38 heavy (non-hydrogen) atoms. The summed E-state index contributed by atoms with van der Waals surface area (Å²) in [5.74, 6) is 0.807. The predicted octanol–water partition coefficient (Wildman–Crippen LogP) is 3.75. The van der Waals surface area contributed by atoms with Crippen molar-refractivity contribution in [1.82, 2.24) is 35.8 Å². The summed E-state index contributed by atoms with van der Waals surface area (Å²) in [6.07, 6.45) is 7.12. The van der Waals surface area contributed by atoms with Crippen LogP contribution in [0.1, 0.15) is 24.1 Å². The summed E-state index contributed by atoms with van der Waals surface area (Å²) in [5.41, 5.74) is 4.56. The van der Waals surface area contributed by atoms with E-state index >= 15 is 0 Å². The number of nitrogens with zero attached hydrogens (tertiary/aromatic N) is 5. The Morgan fingerprint density at radius 1 is 1.08 bits per heavy atom. The number of imide groups is 1. The maximum atomic E-state index is 11.8. The Bertz CT molecular complexity index is 1510. The van der Waals surface area contributed by atoms with Crippen LogP contribution in [0.3, 0.4) is 0 Å². The minimum absolute atomic E-state index is 0.349. The quantitative estimate of drug-likeness (QED) is 0.308. The lowest BCUT2D eigenvalue weighted by Crippen LogP contribution is -2.38. The standard InChI is InChI=1S/C27H26N8O2S/c36-25-23(38-27(37)33-25)14-20-5-9-29-26(31-20)35-11-7-17(8-12-35)15-28-16-19-13-18-3-1-2-4-21(18)32-24(19)22-6-10-30-34-22/h1-6,9-10,13-14,17,28H,7-8,11-12,15-16H2,(H,30,34)(H,33,36,37)/b23-14+. The van der Waals surface area contributed by atoms with Gasteiger partial charge in [0.1, 0.15) is 0 Å². The molecule has 2 aliphatic heterocycles. The summed E-state index contributed by atoms with van der Waals surface area (Å²) in [4.78, 5) is 39.7. The van der Waals surface area contributed by atoms with Crippen molar-refractivity contribution in [3.05, 3.63) is 71.0 Å². The molecule has 1 aromatic carbocycles. The van der Waals surface area contributed by atoms with Gasteiger partial charge in [0.2, 0.25) is 5.95 Å². The number of thioether (sulfide) groups is 1. The SMILES string of the molecule is O=C1NC(=O)/C(=C\c2ccnc(N3CCC(CNCc4cc5ccccc5nc4-c4ccn[nH]4)CC3)n2)S1. The van der Waals surface area contributed by atoms with Crippen LogP contribution in [0.5, 0.6) is 0 Å². The number of pyridine rings is 1. The third kappa shape index (κ3) is 5.29. The first kappa shape index (κ1) is 24.3. The molecule has 0 saturated carbocycles. The van der Waals surface area contributed by atoms with Gasteiger partial charge in [0.25, 0.3) is 11.1 Å². The third-order valence-corrected chi connectivity index (χ3v) is 7.60. The van der Waals surface area contributed by atoms with Gasteiger partial charge in [-0.1, -0.05) is 18.2 Å². The smallest absolute Gasteiger partial charge is 0.290 e. The highest BCUT2D eigenvalue weighted by Crippen LogP contribution is 2.27. The molecule has 3 N–H and O–H groups in total. The zero-order valence-corrected chi connectivity index (χ0v) is 21.4. The van der Waals surface area contributed by atoms with E-state index in [2.05, 4.69) is 47.8 Å². The second kappa shape index (κ2) is 10.7. The fourth-order valence-electron chi connectivity index (χ4n) is 4.81. The summed E-state index contributed by atoms with van der Waals surface area (Å²) in [7, 11) is 0.